The van der Waals surface area contributed by atoms with Crippen LogP contribution in [0.5, 0.6) is 0 Å². The van der Waals surface area contributed by atoms with E-state index in [9.17, 15) is 5.11 Å². The SMILES string of the molecule is Cc1ccccc1C(O)Cn1nccc1C. The molecule has 0 aliphatic rings. The van der Waals surface area contributed by atoms with Gasteiger partial charge in [0.1, 0.15) is 0 Å². The molecule has 1 unspecified atom stereocenters. The number of nitrogens with zero attached hydrogens (tertiary/aromatic N) is 2. The van der Waals surface area contributed by atoms with Crippen molar-refractivity contribution in [3.8, 4) is 0 Å². The molecule has 0 saturated carbocycles. The first-order valence-electron chi connectivity index (χ1n) is 5.40. The van der Waals surface area contributed by atoms with Crippen molar-refractivity contribution in [1.29, 1.82) is 0 Å². The number of rotatable bonds is 3. The summed E-state index contributed by atoms with van der Waals surface area (Å²) in [4.78, 5) is 0. The summed E-state index contributed by atoms with van der Waals surface area (Å²) in [6.45, 7) is 4.50. The van der Waals surface area contributed by atoms with Crippen LogP contribution in [-0.2, 0) is 6.54 Å². The maximum atomic E-state index is 10.1. The van der Waals surface area contributed by atoms with E-state index in [1.165, 1.54) is 0 Å². The molecule has 1 aromatic carbocycles. The van der Waals surface area contributed by atoms with Crippen LogP contribution < -0.4 is 0 Å². The summed E-state index contributed by atoms with van der Waals surface area (Å²) in [5.41, 5.74) is 3.14. The van der Waals surface area contributed by atoms with Crippen LogP contribution in [0, 0.1) is 13.8 Å². The molecule has 0 spiro atoms. The fraction of sp³-hybridized carbons (Fsp3) is 0.308. The Kier molecular flexibility index (Phi) is 3.06. The van der Waals surface area contributed by atoms with Crippen molar-refractivity contribution in [2.24, 2.45) is 0 Å². The van der Waals surface area contributed by atoms with E-state index in [4.69, 9.17) is 0 Å². The zero-order valence-electron chi connectivity index (χ0n) is 9.59. The smallest absolute Gasteiger partial charge is 0.0988 e. The van der Waals surface area contributed by atoms with E-state index in [-0.39, 0.29) is 0 Å². The summed E-state index contributed by atoms with van der Waals surface area (Å²) < 4.78 is 1.82. The molecule has 1 heterocycles. The molecule has 1 N–H and O–H groups in total. The molecule has 0 radical (unpaired) electrons. The van der Waals surface area contributed by atoms with Crippen molar-refractivity contribution < 1.29 is 5.11 Å². The summed E-state index contributed by atoms with van der Waals surface area (Å²) >= 11 is 0. The number of hydrogen-bond donors (Lipinski definition) is 1. The second-order valence-corrected chi connectivity index (χ2v) is 4.03. The Morgan fingerprint density at radius 1 is 1.25 bits per heavy atom. The van der Waals surface area contributed by atoms with Crippen LogP contribution in [0.2, 0.25) is 0 Å². The average molecular weight is 216 g/mol. The Labute approximate surface area is 95.3 Å². The molecule has 0 saturated heterocycles. The first-order valence-corrected chi connectivity index (χ1v) is 5.40. The summed E-state index contributed by atoms with van der Waals surface area (Å²) in [6, 6.07) is 9.82. The van der Waals surface area contributed by atoms with Crippen LogP contribution >= 0.6 is 0 Å². The van der Waals surface area contributed by atoms with Gasteiger partial charge in [0.15, 0.2) is 0 Å². The molecular weight excluding hydrogens is 200 g/mol. The Bertz CT molecular complexity index is 476. The van der Waals surface area contributed by atoms with Crippen LogP contribution in [0.4, 0.5) is 0 Å². The molecule has 2 aromatic rings. The third kappa shape index (κ3) is 2.14. The summed E-state index contributed by atoms with van der Waals surface area (Å²) in [6.07, 6.45) is 1.25. The lowest BCUT2D eigenvalue weighted by Gasteiger charge is -2.14. The number of aromatic nitrogens is 2. The van der Waals surface area contributed by atoms with Crippen LogP contribution in [0.1, 0.15) is 22.9 Å². The number of hydrogen-bond acceptors (Lipinski definition) is 2. The fourth-order valence-corrected chi connectivity index (χ4v) is 1.81. The maximum Gasteiger partial charge on any atom is 0.0988 e. The third-order valence-corrected chi connectivity index (χ3v) is 2.82. The molecule has 1 atom stereocenters. The van der Waals surface area contributed by atoms with Gasteiger partial charge in [0.05, 0.1) is 12.6 Å². The Morgan fingerprint density at radius 2 is 2.00 bits per heavy atom. The highest BCUT2D eigenvalue weighted by Gasteiger charge is 2.11. The van der Waals surface area contributed by atoms with Gasteiger partial charge in [-0.05, 0) is 31.0 Å². The molecule has 0 bridgehead atoms. The number of aliphatic hydroxyl groups is 1. The standard InChI is InChI=1S/C13H16N2O/c1-10-5-3-4-6-12(10)13(16)9-15-11(2)7-8-14-15/h3-8,13,16H,9H2,1-2H3. The van der Waals surface area contributed by atoms with Gasteiger partial charge in [-0.15, -0.1) is 0 Å². The van der Waals surface area contributed by atoms with Crippen molar-refractivity contribution in [3.63, 3.8) is 0 Å². The van der Waals surface area contributed by atoms with Crippen molar-refractivity contribution in [3.05, 3.63) is 53.3 Å². The highest BCUT2D eigenvalue weighted by molar-refractivity contribution is 5.27. The Balaban J connectivity index is 2.18. The van der Waals surface area contributed by atoms with Gasteiger partial charge in [0, 0.05) is 11.9 Å². The number of benzene rings is 1. The van der Waals surface area contributed by atoms with Gasteiger partial charge in [-0.1, -0.05) is 24.3 Å². The molecule has 3 nitrogen and oxygen atoms in total. The van der Waals surface area contributed by atoms with Gasteiger partial charge in [0.25, 0.3) is 0 Å². The van der Waals surface area contributed by atoms with Crippen molar-refractivity contribution >= 4 is 0 Å². The minimum atomic E-state index is -0.500. The lowest BCUT2D eigenvalue weighted by molar-refractivity contribution is 0.150. The molecule has 16 heavy (non-hydrogen) atoms. The molecule has 2 rings (SSSR count). The van der Waals surface area contributed by atoms with E-state index < -0.39 is 6.10 Å². The zero-order valence-corrected chi connectivity index (χ0v) is 9.59. The zero-order chi connectivity index (χ0) is 11.5. The highest BCUT2D eigenvalue weighted by Crippen LogP contribution is 2.19. The van der Waals surface area contributed by atoms with Crippen LogP contribution in [-0.4, -0.2) is 14.9 Å². The molecule has 0 aliphatic heterocycles. The highest BCUT2D eigenvalue weighted by atomic mass is 16.3. The Morgan fingerprint density at radius 3 is 2.62 bits per heavy atom. The lowest BCUT2D eigenvalue weighted by Crippen LogP contribution is -2.12. The molecule has 0 amide bonds. The average Bonchev–Trinajstić information content (AvgIpc) is 2.65. The first-order chi connectivity index (χ1) is 7.68. The van der Waals surface area contributed by atoms with Gasteiger partial charge in [-0.3, -0.25) is 4.68 Å². The van der Waals surface area contributed by atoms with Crippen molar-refractivity contribution in [2.75, 3.05) is 0 Å². The van der Waals surface area contributed by atoms with Crippen LogP contribution in [0.3, 0.4) is 0 Å². The van der Waals surface area contributed by atoms with E-state index in [0.29, 0.717) is 6.54 Å². The van der Waals surface area contributed by atoms with Gasteiger partial charge in [-0.2, -0.15) is 5.10 Å². The molecular formula is C13H16N2O. The van der Waals surface area contributed by atoms with Gasteiger partial charge < -0.3 is 5.11 Å². The second kappa shape index (κ2) is 4.49. The third-order valence-electron chi connectivity index (χ3n) is 2.82. The van der Waals surface area contributed by atoms with Crippen LogP contribution in [0.25, 0.3) is 0 Å². The lowest BCUT2D eigenvalue weighted by atomic mass is 10.0. The Hall–Kier alpha value is -1.61. The monoisotopic (exact) mass is 216 g/mol. The largest absolute Gasteiger partial charge is 0.386 e. The normalized spacial score (nSPS) is 12.7. The van der Waals surface area contributed by atoms with Gasteiger partial charge in [0.2, 0.25) is 0 Å². The minimum Gasteiger partial charge on any atom is -0.386 e. The molecule has 3 heteroatoms. The van der Waals surface area contributed by atoms with Crippen molar-refractivity contribution in [1.82, 2.24) is 9.78 Å². The molecule has 0 aliphatic carbocycles. The van der Waals surface area contributed by atoms with Gasteiger partial charge >= 0.3 is 0 Å². The fourth-order valence-electron chi connectivity index (χ4n) is 1.81. The summed E-state index contributed by atoms with van der Waals surface area (Å²) in [7, 11) is 0. The topological polar surface area (TPSA) is 38.0 Å². The van der Waals surface area contributed by atoms with E-state index >= 15 is 0 Å². The number of aliphatic hydroxyl groups excluding tert-OH is 1. The van der Waals surface area contributed by atoms with Crippen LogP contribution in [0.15, 0.2) is 36.5 Å². The van der Waals surface area contributed by atoms with E-state index in [0.717, 1.165) is 16.8 Å². The number of aryl methyl sites for hydroxylation is 2. The van der Waals surface area contributed by atoms with E-state index in [2.05, 4.69) is 5.10 Å². The molecule has 1 aromatic heterocycles. The molecule has 0 fully saturated rings. The quantitative estimate of drug-likeness (QED) is 0.854. The maximum absolute atomic E-state index is 10.1. The summed E-state index contributed by atoms with van der Waals surface area (Å²) in [5.74, 6) is 0. The minimum absolute atomic E-state index is 0.500. The van der Waals surface area contributed by atoms with Gasteiger partial charge in [-0.25, -0.2) is 0 Å². The van der Waals surface area contributed by atoms with E-state index in [1.54, 1.807) is 6.20 Å². The van der Waals surface area contributed by atoms with E-state index in [1.807, 2.05) is 48.9 Å². The van der Waals surface area contributed by atoms with Crippen molar-refractivity contribution in [2.45, 2.75) is 26.5 Å². The predicted octanol–water partition coefficient (Wildman–Crippen LogP) is 2.23. The first kappa shape index (κ1) is 10.9. The molecule has 84 valence electrons. The second-order valence-electron chi connectivity index (χ2n) is 4.03. The summed E-state index contributed by atoms with van der Waals surface area (Å²) in [5, 5.41) is 14.3. The predicted molar refractivity (Wildman–Crippen MR) is 63.1 cm³/mol.